The number of benzene rings is 3. The number of ether oxygens (including phenoxy) is 2. The average Bonchev–Trinajstić information content (AvgIpc) is 3.24. The minimum absolute atomic E-state index is 0.213. The number of halogens is 3. The Morgan fingerprint density at radius 3 is 2.53 bits per heavy atom. The summed E-state index contributed by atoms with van der Waals surface area (Å²) in [6, 6.07) is 18.1. The van der Waals surface area contributed by atoms with Gasteiger partial charge < -0.3 is 9.47 Å². The number of rotatable bonds is 4. The van der Waals surface area contributed by atoms with Crippen molar-refractivity contribution in [3.05, 3.63) is 91.9 Å². The van der Waals surface area contributed by atoms with Gasteiger partial charge in [-0.15, -0.1) is 0 Å². The molecule has 2 aliphatic rings. The number of fused-ring (bicyclic) bond motifs is 3. The van der Waals surface area contributed by atoms with Gasteiger partial charge in [0.25, 0.3) is 6.23 Å². The lowest BCUT2D eigenvalue weighted by Gasteiger charge is -2.37. The summed E-state index contributed by atoms with van der Waals surface area (Å²) < 4.78 is 12.3. The van der Waals surface area contributed by atoms with Gasteiger partial charge in [0.1, 0.15) is 11.5 Å². The predicted molar refractivity (Wildman–Crippen MR) is 128 cm³/mol. The zero-order valence-corrected chi connectivity index (χ0v) is 20.0. The van der Waals surface area contributed by atoms with Crippen molar-refractivity contribution in [3.8, 4) is 11.5 Å². The molecular formula is C24H17BrCl2N2O3. The van der Waals surface area contributed by atoms with Gasteiger partial charge in [0.15, 0.2) is 0 Å². The van der Waals surface area contributed by atoms with E-state index in [1.165, 1.54) is 0 Å². The van der Waals surface area contributed by atoms with E-state index in [2.05, 4.69) is 15.9 Å². The third-order valence-electron chi connectivity index (χ3n) is 5.58. The summed E-state index contributed by atoms with van der Waals surface area (Å²) in [6.07, 6.45) is -0.353. The molecule has 3 aromatic carbocycles. The molecule has 0 N–H and O–H groups in total. The molecule has 0 saturated heterocycles. The quantitative estimate of drug-likeness (QED) is 0.360. The van der Waals surface area contributed by atoms with Crippen LogP contribution in [0.4, 0.5) is 0 Å². The van der Waals surface area contributed by atoms with Crippen molar-refractivity contribution >= 4 is 50.6 Å². The number of hydrazone groups is 1. The number of nitrogens with zero attached hydrogens (tertiary/aromatic N) is 2. The first kappa shape index (κ1) is 21.3. The van der Waals surface area contributed by atoms with Gasteiger partial charge in [-0.05, 0) is 54.1 Å². The van der Waals surface area contributed by atoms with Crippen molar-refractivity contribution in [1.82, 2.24) is 5.01 Å². The first-order valence-corrected chi connectivity index (χ1v) is 11.4. The maximum absolute atomic E-state index is 13.5. The molecule has 0 fully saturated rings. The fraction of sp³-hybridized carbons (Fsp3) is 0.167. The average molecular weight is 532 g/mol. The first-order chi connectivity index (χ1) is 15.4. The normalized spacial score (nSPS) is 19.0. The monoisotopic (exact) mass is 530 g/mol. The summed E-state index contributed by atoms with van der Waals surface area (Å²) in [4.78, 5) is 13.5. The van der Waals surface area contributed by atoms with E-state index < -0.39 is 6.23 Å². The molecular weight excluding hydrogens is 515 g/mol. The van der Waals surface area contributed by atoms with Gasteiger partial charge in [-0.1, -0.05) is 51.3 Å². The summed E-state index contributed by atoms with van der Waals surface area (Å²) in [5, 5.41) is 7.41. The molecule has 5 rings (SSSR count). The Morgan fingerprint density at radius 1 is 1.12 bits per heavy atom. The highest BCUT2D eigenvalue weighted by Crippen LogP contribution is 2.47. The molecule has 162 valence electrons. The molecule has 2 unspecified atom stereocenters. The van der Waals surface area contributed by atoms with E-state index >= 15 is 0 Å². The van der Waals surface area contributed by atoms with Gasteiger partial charge in [0, 0.05) is 27.0 Å². The van der Waals surface area contributed by atoms with Crippen LogP contribution in [0.3, 0.4) is 0 Å². The van der Waals surface area contributed by atoms with Crippen LogP contribution in [0.1, 0.15) is 33.9 Å². The molecule has 0 amide bonds. The number of ketones is 1. The molecule has 2 heterocycles. The van der Waals surface area contributed by atoms with Gasteiger partial charge >= 0.3 is 0 Å². The third kappa shape index (κ3) is 3.76. The second-order valence-corrected chi connectivity index (χ2v) is 9.28. The van der Waals surface area contributed by atoms with Crippen LogP contribution in [0.25, 0.3) is 0 Å². The maximum Gasteiger partial charge on any atom is 0.251 e. The van der Waals surface area contributed by atoms with Gasteiger partial charge in [-0.25, -0.2) is 5.01 Å². The molecule has 0 aromatic heterocycles. The molecule has 0 bridgehead atoms. The van der Waals surface area contributed by atoms with E-state index in [-0.39, 0.29) is 11.8 Å². The van der Waals surface area contributed by atoms with Crippen LogP contribution in [-0.2, 0) is 0 Å². The summed E-state index contributed by atoms with van der Waals surface area (Å²) in [6.45, 7) is 0. The van der Waals surface area contributed by atoms with Crippen LogP contribution < -0.4 is 9.47 Å². The maximum atomic E-state index is 13.5. The summed E-state index contributed by atoms with van der Waals surface area (Å²) in [5.41, 5.74) is 3.16. The largest absolute Gasteiger partial charge is 0.497 e. The molecule has 0 saturated carbocycles. The van der Waals surface area contributed by atoms with E-state index in [0.29, 0.717) is 33.5 Å². The lowest BCUT2D eigenvalue weighted by Crippen LogP contribution is -2.46. The Kier molecular flexibility index (Phi) is 5.61. The number of hydrogen-bond donors (Lipinski definition) is 0. The molecule has 3 aromatic rings. The number of carbonyl (C=O) groups excluding carboxylic acids is 1. The van der Waals surface area contributed by atoms with E-state index in [9.17, 15) is 4.79 Å². The van der Waals surface area contributed by atoms with Crippen molar-refractivity contribution in [3.63, 3.8) is 0 Å². The lowest BCUT2D eigenvalue weighted by molar-refractivity contribution is -0.00448. The molecule has 0 radical (unpaired) electrons. The smallest absolute Gasteiger partial charge is 0.251 e. The summed E-state index contributed by atoms with van der Waals surface area (Å²) in [5.74, 6) is 0.926. The van der Waals surface area contributed by atoms with Crippen LogP contribution in [0.5, 0.6) is 11.5 Å². The number of Topliss-reactive ketones (excluding diaryl/α,β-unsaturated/α-hetero) is 1. The van der Waals surface area contributed by atoms with Gasteiger partial charge in [0.05, 0.1) is 23.9 Å². The van der Waals surface area contributed by atoms with E-state index in [1.807, 2.05) is 30.3 Å². The number of methoxy groups -OCH3 is 1. The summed E-state index contributed by atoms with van der Waals surface area (Å²) in [7, 11) is 1.58. The Balaban J connectivity index is 1.57. The highest BCUT2D eigenvalue weighted by atomic mass is 79.9. The Labute approximate surface area is 203 Å². The lowest BCUT2D eigenvalue weighted by atomic mass is 9.95. The second kappa shape index (κ2) is 8.43. The Morgan fingerprint density at radius 2 is 1.84 bits per heavy atom. The highest BCUT2D eigenvalue weighted by molar-refractivity contribution is 9.10. The van der Waals surface area contributed by atoms with Crippen molar-refractivity contribution < 1.29 is 14.3 Å². The molecule has 2 atom stereocenters. The molecule has 0 spiro atoms. The van der Waals surface area contributed by atoms with E-state index in [1.54, 1.807) is 42.5 Å². The molecule has 2 aliphatic heterocycles. The van der Waals surface area contributed by atoms with Crippen molar-refractivity contribution in [1.29, 1.82) is 0 Å². The molecule has 0 aliphatic carbocycles. The van der Waals surface area contributed by atoms with Crippen LogP contribution >= 0.6 is 39.1 Å². The number of hydrogen-bond acceptors (Lipinski definition) is 5. The minimum atomic E-state index is -0.951. The standard InChI is InChI=1S/C24H17BrCl2N2O3/c1-31-17-8-4-14(5-9-17)22(30)24-29-21(18-10-16(26)11-19(27)23(18)32-24)12-20(28-29)13-2-6-15(25)7-3-13/h2-11,21,24H,12H2,1H3. The fourth-order valence-electron chi connectivity index (χ4n) is 4.00. The molecule has 5 nitrogen and oxygen atoms in total. The predicted octanol–water partition coefficient (Wildman–Crippen LogP) is 6.52. The topological polar surface area (TPSA) is 51.1 Å². The van der Waals surface area contributed by atoms with Crippen molar-refractivity contribution in [2.75, 3.05) is 7.11 Å². The minimum Gasteiger partial charge on any atom is -0.497 e. The first-order valence-electron chi connectivity index (χ1n) is 9.90. The van der Waals surface area contributed by atoms with Crippen molar-refractivity contribution in [2.24, 2.45) is 5.10 Å². The molecule has 32 heavy (non-hydrogen) atoms. The Hall–Kier alpha value is -2.54. The fourth-order valence-corrected chi connectivity index (χ4v) is 4.82. The zero-order chi connectivity index (χ0) is 22.4. The van der Waals surface area contributed by atoms with Gasteiger partial charge in [-0.2, -0.15) is 5.10 Å². The van der Waals surface area contributed by atoms with Crippen LogP contribution in [0.2, 0.25) is 10.0 Å². The van der Waals surface area contributed by atoms with Gasteiger partial charge in [0.2, 0.25) is 5.78 Å². The van der Waals surface area contributed by atoms with E-state index in [0.717, 1.165) is 21.3 Å². The second-order valence-electron chi connectivity index (χ2n) is 7.52. The Bertz CT molecular complexity index is 1230. The highest BCUT2D eigenvalue weighted by Gasteiger charge is 2.44. The SMILES string of the molecule is COc1ccc(C(=O)C2Oc3c(Cl)cc(Cl)cc3C3CC(c4ccc(Br)cc4)=NN23)cc1. The number of carbonyl (C=O) groups is 1. The van der Waals surface area contributed by atoms with Crippen LogP contribution in [0.15, 0.2) is 70.2 Å². The third-order valence-corrected chi connectivity index (χ3v) is 6.61. The zero-order valence-electron chi connectivity index (χ0n) is 16.9. The van der Waals surface area contributed by atoms with Crippen LogP contribution in [0, 0.1) is 0 Å². The van der Waals surface area contributed by atoms with Crippen LogP contribution in [-0.4, -0.2) is 29.8 Å². The van der Waals surface area contributed by atoms with E-state index in [4.69, 9.17) is 37.8 Å². The van der Waals surface area contributed by atoms with Gasteiger partial charge in [-0.3, -0.25) is 4.79 Å². The summed E-state index contributed by atoms with van der Waals surface area (Å²) >= 11 is 16.2. The van der Waals surface area contributed by atoms with Crippen molar-refractivity contribution in [2.45, 2.75) is 18.7 Å². The molecule has 8 heteroatoms.